The number of furan rings is 1. The predicted molar refractivity (Wildman–Crippen MR) is 90.2 cm³/mol. The second-order valence-corrected chi connectivity index (χ2v) is 5.59. The van der Waals surface area contributed by atoms with Crippen molar-refractivity contribution in [1.29, 1.82) is 0 Å². The smallest absolute Gasteiger partial charge is 0.292 e. The fourth-order valence-electron chi connectivity index (χ4n) is 2.23. The SMILES string of the molecule is COCc1ccc(C(=O)Nc2ccnn2Cc2ccc(Cl)cc2)o1. The van der Waals surface area contributed by atoms with Crippen molar-refractivity contribution in [2.24, 2.45) is 0 Å². The molecular formula is C17H16ClN3O3. The van der Waals surface area contributed by atoms with Gasteiger partial charge in [0.1, 0.15) is 18.2 Å². The molecule has 0 aliphatic carbocycles. The minimum atomic E-state index is -0.338. The van der Waals surface area contributed by atoms with Crippen molar-refractivity contribution < 1.29 is 13.9 Å². The standard InChI is InChI=1S/C17H16ClN3O3/c1-23-11-14-6-7-15(24-14)17(22)20-16-8-9-19-21(16)10-12-2-4-13(18)5-3-12/h2-9H,10-11H2,1H3,(H,20,22). The van der Waals surface area contributed by atoms with Crippen molar-refractivity contribution in [1.82, 2.24) is 9.78 Å². The first-order valence-corrected chi connectivity index (χ1v) is 7.69. The maximum atomic E-state index is 12.3. The molecule has 2 aromatic heterocycles. The molecule has 1 N–H and O–H groups in total. The summed E-state index contributed by atoms with van der Waals surface area (Å²) in [6.07, 6.45) is 1.63. The summed E-state index contributed by atoms with van der Waals surface area (Å²) in [5.74, 6) is 1.06. The Morgan fingerprint density at radius 1 is 1.25 bits per heavy atom. The maximum Gasteiger partial charge on any atom is 0.292 e. The van der Waals surface area contributed by atoms with E-state index in [1.165, 1.54) is 0 Å². The number of carbonyl (C=O) groups is 1. The number of halogens is 1. The Balaban J connectivity index is 1.70. The van der Waals surface area contributed by atoms with Gasteiger partial charge in [0, 0.05) is 18.2 Å². The Bertz CT molecular complexity index is 824. The Labute approximate surface area is 144 Å². The number of ether oxygens (including phenoxy) is 1. The zero-order valence-corrected chi connectivity index (χ0v) is 13.8. The van der Waals surface area contributed by atoms with Crippen LogP contribution >= 0.6 is 11.6 Å². The molecule has 24 heavy (non-hydrogen) atoms. The molecule has 0 atom stereocenters. The van der Waals surface area contributed by atoms with E-state index in [1.54, 1.807) is 36.2 Å². The van der Waals surface area contributed by atoms with E-state index in [4.69, 9.17) is 20.8 Å². The average molecular weight is 346 g/mol. The summed E-state index contributed by atoms with van der Waals surface area (Å²) in [6, 6.07) is 12.5. The van der Waals surface area contributed by atoms with Crippen LogP contribution in [0.5, 0.6) is 0 Å². The van der Waals surface area contributed by atoms with E-state index in [9.17, 15) is 4.79 Å². The number of methoxy groups -OCH3 is 1. The number of rotatable bonds is 6. The topological polar surface area (TPSA) is 69.3 Å². The van der Waals surface area contributed by atoms with Gasteiger partial charge < -0.3 is 14.5 Å². The van der Waals surface area contributed by atoms with E-state index < -0.39 is 0 Å². The number of hydrogen-bond acceptors (Lipinski definition) is 4. The van der Waals surface area contributed by atoms with Gasteiger partial charge >= 0.3 is 0 Å². The molecule has 0 saturated heterocycles. The summed E-state index contributed by atoms with van der Waals surface area (Å²) in [7, 11) is 1.57. The first-order valence-electron chi connectivity index (χ1n) is 7.31. The van der Waals surface area contributed by atoms with Gasteiger partial charge in [-0.25, -0.2) is 4.68 Å². The Kier molecular flexibility index (Phi) is 4.98. The van der Waals surface area contributed by atoms with Gasteiger partial charge in [0.25, 0.3) is 5.91 Å². The highest BCUT2D eigenvalue weighted by Gasteiger charge is 2.14. The van der Waals surface area contributed by atoms with Crippen LogP contribution in [0.4, 0.5) is 5.82 Å². The van der Waals surface area contributed by atoms with Crippen LogP contribution in [0, 0.1) is 0 Å². The lowest BCUT2D eigenvalue weighted by Gasteiger charge is -2.08. The second kappa shape index (κ2) is 7.33. The minimum Gasteiger partial charge on any atom is -0.453 e. The van der Waals surface area contributed by atoms with Gasteiger partial charge in [0.15, 0.2) is 5.76 Å². The lowest BCUT2D eigenvalue weighted by molar-refractivity contribution is 0.0986. The molecule has 3 rings (SSSR count). The van der Waals surface area contributed by atoms with E-state index in [1.807, 2.05) is 24.3 Å². The van der Waals surface area contributed by atoms with Crippen molar-refractivity contribution in [3.8, 4) is 0 Å². The van der Waals surface area contributed by atoms with Crippen LogP contribution in [-0.2, 0) is 17.9 Å². The first-order chi connectivity index (χ1) is 11.7. The average Bonchev–Trinajstić information content (AvgIpc) is 3.20. The van der Waals surface area contributed by atoms with Crippen LogP contribution in [0.2, 0.25) is 5.02 Å². The normalized spacial score (nSPS) is 10.8. The molecule has 1 aromatic carbocycles. The van der Waals surface area contributed by atoms with Gasteiger partial charge in [-0.1, -0.05) is 23.7 Å². The van der Waals surface area contributed by atoms with E-state index in [2.05, 4.69) is 10.4 Å². The summed E-state index contributed by atoms with van der Waals surface area (Å²) in [6.45, 7) is 0.842. The number of amides is 1. The summed E-state index contributed by atoms with van der Waals surface area (Å²) in [5, 5.41) is 7.71. The summed E-state index contributed by atoms with van der Waals surface area (Å²) >= 11 is 5.89. The molecule has 0 bridgehead atoms. The predicted octanol–water partition coefficient (Wildman–Crippen LogP) is 3.58. The number of hydrogen-bond donors (Lipinski definition) is 1. The molecular weight excluding hydrogens is 330 g/mol. The third kappa shape index (κ3) is 3.84. The van der Waals surface area contributed by atoms with E-state index in [0.29, 0.717) is 29.8 Å². The number of carbonyl (C=O) groups excluding carboxylic acids is 1. The Morgan fingerprint density at radius 2 is 2.04 bits per heavy atom. The van der Waals surface area contributed by atoms with Crippen LogP contribution < -0.4 is 5.32 Å². The molecule has 6 nitrogen and oxygen atoms in total. The molecule has 0 radical (unpaired) electrons. The zero-order valence-electron chi connectivity index (χ0n) is 13.0. The molecule has 0 saturated carbocycles. The van der Waals surface area contributed by atoms with Crippen LogP contribution in [0.3, 0.4) is 0 Å². The molecule has 0 aliphatic heterocycles. The molecule has 0 unspecified atom stereocenters. The highest BCUT2D eigenvalue weighted by molar-refractivity contribution is 6.30. The molecule has 3 aromatic rings. The number of nitrogens with one attached hydrogen (secondary N) is 1. The Hall–Kier alpha value is -2.57. The number of nitrogens with zero attached hydrogens (tertiary/aromatic N) is 2. The number of anilines is 1. The van der Waals surface area contributed by atoms with Crippen molar-refractivity contribution >= 4 is 23.3 Å². The van der Waals surface area contributed by atoms with Gasteiger partial charge in [0.2, 0.25) is 0 Å². The lowest BCUT2D eigenvalue weighted by Crippen LogP contribution is -2.15. The monoisotopic (exact) mass is 345 g/mol. The number of aromatic nitrogens is 2. The van der Waals surface area contributed by atoms with Gasteiger partial charge in [-0.3, -0.25) is 4.79 Å². The molecule has 1 amide bonds. The van der Waals surface area contributed by atoms with Crippen LogP contribution in [0.1, 0.15) is 21.9 Å². The second-order valence-electron chi connectivity index (χ2n) is 5.15. The molecule has 2 heterocycles. The largest absolute Gasteiger partial charge is 0.453 e. The van der Waals surface area contributed by atoms with Crippen molar-refractivity contribution in [2.45, 2.75) is 13.2 Å². The molecule has 7 heteroatoms. The van der Waals surface area contributed by atoms with Crippen molar-refractivity contribution in [3.05, 3.63) is 70.8 Å². The fraction of sp³-hybridized carbons (Fsp3) is 0.176. The van der Waals surface area contributed by atoms with Crippen molar-refractivity contribution in [3.63, 3.8) is 0 Å². The quantitative estimate of drug-likeness (QED) is 0.741. The van der Waals surface area contributed by atoms with Crippen LogP contribution in [0.15, 0.2) is 53.1 Å². The summed E-state index contributed by atoms with van der Waals surface area (Å²) in [5.41, 5.74) is 1.03. The zero-order chi connectivity index (χ0) is 16.9. The number of benzene rings is 1. The van der Waals surface area contributed by atoms with Crippen LogP contribution in [-0.4, -0.2) is 22.8 Å². The fourth-order valence-corrected chi connectivity index (χ4v) is 2.35. The molecule has 0 aliphatic rings. The lowest BCUT2D eigenvalue weighted by atomic mass is 10.2. The minimum absolute atomic E-state index is 0.223. The summed E-state index contributed by atoms with van der Waals surface area (Å²) in [4.78, 5) is 12.3. The van der Waals surface area contributed by atoms with Crippen LogP contribution in [0.25, 0.3) is 0 Å². The highest BCUT2D eigenvalue weighted by atomic mass is 35.5. The van der Waals surface area contributed by atoms with E-state index in [-0.39, 0.29) is 11.7 Å². The summed E-state index contributed by atoms with van der Waals surface area (Å²) < 4.78 is 12.1. The molecule has 0 fully saturated rings. The van der Waals surface area contributed by atoms with E-state index >= 15 is 0 Å². The van der Waals surface area contributed by atoms with E-state index in [0.717, 1.165) is 5.56 Å². The third-order valence-electron chi connectivity index (χ3n) is 3.38. The van der Waals surface area contributed by atoms with Gasteiger partial charge in [-0.05, 0) is 29.8 Å². The molecule has 124 valence electrons. The third-order valence-corrected chi connectivity index (χ3v) is 3.63. The van der Waals surface area contributed by atoms with Gasteiger partial charge in [-0.2, -0.15) is 5.10 Å². The maximum absolute atomic E-state index is 12.3. The Morgan fingerprint density at radius 3 is 2.79 bits per heavy atom. The van der Waals surface area contributed by atoms with Crippen molar-refractivity contribution in [2.75, 3.05) is 12.4 Å². The molecule has 0 spiro atoms. The van der Waals surface area contributed by atoms with Gasteiger partial charge in [-0.15, -0.1) is 0 Å². The van der Waals surface area contributed by atoms with Gasteiger partial charge in [0.05, 0.1) is 12.7 Å². The highest BCUT2D eigenvalue weighted by Crippen LogP contribution is 2.15. The first kappa shape index (κ1) is 16.3.